The van der Waals surface area contributed by atoms with Crippen LogP contribution in [0.15, 0.2) is 0 Å². The topological polar surface area (TPSA) is 100 Å². The number of nitrogens with one attached hydrogen (secondary N) is 1. The van der Waals surface area contributed by atoms with Crippen molar-refractivity contribution in [1.82, 2.24) is 19.9 Å². The Hall–Kier alpha value is -1.70. The third kappa shape index (κ3) is 5.65. The Morgan fingerprint density at radius 3 is 2.58 bits per heavy atom. The number of aryl methyl sites for hydroxylation is 3. The largest absolute Gasteiger partial charge is 0.395 e. The number of aliphatic hydroxyl groups excluding tert-OH is 1. The van der Waals surface area contributed by atoms with Gasteiger partial charge in [-0.25, -0.2) is 9.97 Å². The summed E-state index contributed by atoms with van der Waals surface area (Å²) in [7, 11) is 1.71. The number of methoxy groups -OCH3 is 1. The zero-order valence-electron chi connectivity index (χ0n) is 16.3. The first-order valence-corrected chi connectivity index (χ1v) is 9.50. The highest BCUT2D eigenvalue weighted by Crippen LogP contribution is 2.25. The Morgan fingerprint density at radius 1 is 1.08 bits per heavy atom. The minimum Gasteiger partial charge on any atom is -0.395 e. The summed E-state index contributed by atoms with van der Waals surface area (Å²) in [6.45, 7) is 7.49. The maximum Gasteiger partial charge on any atom is 0.151 e. The molecular weight excluding hydrogens is 330 g/mol. The lowest BCUT2D eigenvalue weighted by Gasteiger charge is -2.20. The van der Waals surface area contributed by atoms with Crippen LogP contribution in [0.3, 0.4) is 0 Å². The van der Waals surface area contributed by atoms with Crippen molar-refractivity contribution in [1.29, 1.82) is 0 Å². The molecule has 26 heavy (non-hydrogen) atoms. The van der Waals surface area contributed by atoms with Crippen LogP contribution in [0, 0.1) is 13.8 Å². The quantitative estimate of drug-likeness (QED) is 0.500. The number of aromatic nitrogens is 3. The predicted octanol–water partition coefficient (Wildman–Crippen LogP) is 2.20. The molecule has 4 N–H and O–H groups in total. The van der Waals surface area contributed by atoms with E-state index in [-0.39, 0.29) is 6.61 Å². The van der Waals surface area contributed by atoms with E-state index in [4.69, 9.17) is 15.6 Å². The Bertz CT molecular complexity index is 686. The molecule has 0 fully saturated rings. The number of aliphatic hydroxyl groups is 1. The molecule has 7 heteroatoms. The van der Waals surface area contributed by atoms with Crippen molar-refractivity contribution in [3.63, 3.8) is 0 Å². The van der Waals surface area contributed by atoms with Crippen LogP contribution in [-0.4, -0.2) is 64.9 Å². The number of ether oxygens (including phenoxy) is 1. The normalized spacial score (nSPS) is 11.7. The summed E-state index contributed by atoms with van der Waals surface area (Å²) >= 11 is 0. The van der Waals surface area contributed by atoms with E-state index in [0.29, 0.717) is 12.4 Å². The summed E-state index contributed by atoms with van der Waals surface area (Å²) in [6.07, 6.45) is 5.65. The van der Waals surface area contributed by atoms with E-state index >= 15 is 0 Å². The molecule has 0 aliphatic carbocycles. The minimum absolute atomic E-state index is 0.202. The van der Waals surface area contributed by atoms with Crippen molar-refractivity contribution >= 4 is 16.9 Å². The number of aromatic amines is 1. The number of fused-ring (bicyclic) bond motifs is 1. The van der Waals surface area contributed by atoms with Gasteiger partial charge < -0.3 is 20.6 Å². The third-order valence-corrected chi connectivity index (χ3v) is 4.78. The fourth-order valence-electron chi connectivity index (χ4n) is 3.37. The second-order valence-electron chi connectivity index (χ2n) is 6.83. The van der Waals surface area contributed by atoms with Gasteiger partial charge in [0.1, 0.15) is 11.3 Å². The number of hydrogen-bond donors (Lipinski definition) is 3. The highest BCUT2D eigenvalue weighted by molar-refractivity contribution is 5.88. The fourth-order valence-corrected chi connectivity index (χ4v) is 3.37. The standard InChI is InChI=1S/C19H33N5O2/c1-14-16(17-18(21-14)19(20)23-15(2)22-17)8-6-4-5-7-9-24(10-12-25)11-13-26-3/h21,25H,4-13H2,1-3H3,(H2,20,22,23). The lowest BCUT2D eigenvalue weighted by molar-refractivity contribution is 0.129. The smallest absolute Gasteiger partial charge is 0.151 e. The molecule has 2 aromatic heterocycles. The third-order valence-electron chi connectivity index (χ3n) is 4.78. The van der Waals surface area contributed by atoms with Gasteiger partial charge in [0.15, 0.2) is 5.82 Å². The molecule has 0 saturated heterocycles. The van der Waals surface area contributed by atoms with E-state index in [1.54, 1.807) is 7.11 Å². The van der Waals surface area contributed by atoms with Gasteiger partial charge in [-0.2, -0.15) is 0 Å². The molecule has 0 aliphatic heterocycles. The van der Waals surface area contributed by atoms with Gasteiger partial charge in [-0.05, 0) is 45.2 Å². The second kappa shape index (κ2) is 10.4. The molecule has 7 nitrogen and oxygen atoms in total. The lowest BCUT2D eigenvalue weighted by Crippen LogP contribution is -2.31. The van der Waals surface area contributed by atoms with Gasteiger partial charge in [-0.1, -0.05) is 12.8 Å². The molecule has 0 spiro atoms. The number of unbranched alkanes of at least 4 members (excludes halogenated alkanes) is 3. The number of anilines is 1. The van der Waals surface area contributed by atoms with E-state index in [0.717, 1.165) is 61.4 Å². The molecule has 0 atom stereocenters. The van der Waals surface area contributed by atoms with Crippen LogP contribution in [0.25, 0.3) is 11.0 Å². The van der Waals surface area contributed by atoms with Crippen molar-refractivity contribution in [2.24, 2.45) is 0 Å². The van der Waals surface area contributed by atoms with Crippen molar-refractivity contribution in [3.05, 3.63) is 17.1 Å². The van der Waals surface area contributed by atoms with Crippen LogP contribution >= 0.6 is 0 Å². The number of rotatable bonds is 12. The molecule has 0 amide bonds. The lowest BCUT2D eigenvalue weighted by atomic mass is 10.1. The van der Waals surface area contributed by atoms with Gasteiger partial charge in [-0.15, -0.1) is 0 Å². The van der Waals surface area contributed by atoms with Crippen molar-refractivity contribution in [2.45, 2.75) is 46.0 Å². The predicted molar refractivity (Wildman–Crippen MR) is 105 cm³/mol. The molecular formula is C19H33N5O2. The van der Waals surface area contributed by atoms with E-state index in [2.05, 4.69) is 26.8 Å². The Kier molecular flexibility index (Phi) is 8.28. The monoisotopic (exact) mass is 363 g/mol. The molecule has 2 aromatic rings. The molecule has 0 bridgehead atoms. The van der Waals surface area contributed by atoms with Crippen LogP contribution in [0.2, 0.25) is 0 Å². The summed E-state index contributed by atoms with van der Waals surface area (Å²) in [5.41, 5.74) is 10.2. The average molecular weight is 364 g/mol. The summed E-state index contributed by atoms with van der Waals surface area (Å²) in [6, 6.07) is 0. The highest BCUT2D eigenvalue weighted by Gasteiger charge is 2.13. The van der Waals surface area contributed by atoms with E-state index < -0.39 is 0 Å². The van der Waals surface area contributed by atoms with Gasteiger partial charge in [0.05, 0.1) is 18.7 Å². The van der Waals surface area contributed by atoms with E-state index in [1.807, 2.05) is 6.92 Å². The Balaban J connectivity index is 1.78. The number of nitrogens with zero attached hydrogens (tertiary/aromatic N) is 3. The van der Waals surface area contributed by atoms with Crippen LogP contribution < -0.4 is 5.73 Å². The van der Waals surface area contributed by atoms with Crippen LogP contribution in [0.1, 0.15) is 42.8 Å². The van der Waals surface area contributed by atoms with Crippen LogP contribution in [0.4, 0.5) is 5.82 Å². The first kappa shape index (κ1) is 20.6. The molecule has 146 valence electrons. The molecule has 2 rings (SSSR count). The van der Waals surface area contributed by atoms with Gasteiger partial charge in [0.25, 0.3) is 0 Å². The molecule has 0 radical (unpaired) electrons. The minimum atomic E-state index is 0.202. The molecule has 0 unspecified atom stereocenters. The Labute approximate surface area is 156 Å². The van der Waals surface area contributed by atoms with Crippen LogP contribution in [0.5, 0.6) is 0 Å². The van der Waals surface area contributed by atoms with Crippen molar-refractivity contribution in [3.8, 4) is 0 Å². The summed E-state index contributed by atoms with van der Waals surface area (Å²) < 4.78 is 5.12. The zero-order valence-corrected chi connectivity index (χ0v) is 16.3. The molecule has 0 aliphatic rings. The summed E-state index contributed by atoms with van der Waals surface area (Å²) in [4.78, 5) is 14.4. The number of H-pyrrole nitrogens is 1. The van der Waals surface area contributed by atoms with Gasteiger partial charge in [0, 0.05) is 25.9 Å². The van der Waals surface area contributed by atoms with Gasteiger partial charge in [0.2, 0.25) is 0 Å². The number of nitrogen functional groups attached to an aromatic ring is 1. The highest BCUT2D eigenvalue weighted by atomic mass is 16.5. The SMILES string of the molecule is COCCN(CCO)CCCCCCc1c(C)[nH]c2c(N)nc(C)nc12. The van der Waals surface area contributed by atoms with Crippen molar-refractivity contribution < 1.29 is 9.84 Å². The number of hydrogen-bond acceptors (Lipinski definition) is 6. The van der Waals surface area contributed by atoms with E-state index in [1.165, 1.54) is 18.4 Å². The van der Waals surface area contributed by atoms with Crippen LogP contribution in [-0.2, 0) is 11.2 Å². The van der Waals surface area contributed by atoms with Gasteiger partial charge >= 0.3 is 0 Å². The fraction of sp³-hybridized carbons (Fsp3) is 0.684. The van der Waals surface area contributed by atoms with Crippen molar-refractivity contribution in [2.75, 3.05) is 45.7 Å². The molecule has 2 heterocycles. The summed E-state index contributed by atoms with van der Waals surface area (Å²) in [5.74, 6) is 1.25. The maximum absolute atomic E-state index is 9.13. The number of nitrogens with two attached hydrogens (primary N) is 1. The van der Waals surface area contributed by atoms with Gasteiger partial charge in [-0.3, -0.25) is 4.90 Å². The summed E-state index contributed by atoms with van der Waals surface area (Å²) in [5, 5.41) is 9.13. The maximum atomic E-state index is 9.13. The van der Waals surface area contributed by atoms with E-state index in [9.17, 15) is 0 Å². The first-order chi connectivity index (χ1) is 12.6. The molecule has 0 aromatic carbocycles. The first-order valence-electron chi connectivity index (χ1n) is 9.50. The second-order valence-corrected chi connectivity index (χ2v) is 6.83. The zero-order chi connectivity index (χ0) is 18.9. The average Bonchev–Trinajstić information content (AvgIpc) is 2.91. The molecule has 0 saturated carbocycles. The Morgan fingerprint density at radius 2 is 1.85 bits per heavy atom.